The summed E-state index contributed by atoms with van der Waals surface area (Å²) in [4.78, 5) is 4.63. The molecule has 0 fully saturated rings. The van der Waals surface area contributed by atoms with Crippen LogP contribution in [0.2, 0.25) is 0 Å². The number of benzene rings is 2. The van der Waals surface area contributed by atoms with Gasteiger partial charge in [0, 0.05) is 23.0 Å². The standard InChI is InChI=1S/C18H17FN2/c1-18(20,14-6-4-7-15(19)11-14)12-16-10-9-13-5-2-3-8-17(13)21-16/h2-11H,12,20H2,1H3. The lowest BCUT2D eigenvalue weighted by Crippen LogP contribution is -2.35. The van der Waals surface area contributed by atoms with E-state index in [1.54, 1.807) is 6.07 Å². The summed E-state index contributed by atoms with van der Waals surface area (Å²) in [6.45, 7) is 1.90. The summed E-state index contributed by atoms with van der Waals surface area (Å²) in [6.07, 6.45) is 0.557. The van der Waals surface area contributed by atoms with Crippen LogP contribution in [0.15, 0.2) is 60.7 Å². The maximum absolute atomic E-state index is 13.4. The maximum Gasteiger partial charge on any atom is 0.123 e. The summed E-state index contributed by atoms with van der Waals surface area (Å²) in [5.74, 6) is -0.268. The number of hydrogen-bond donors (Lipinski definition) is 1. The molecule has 0 aliphatic rings. The zero-order valence-corrected chi connectivity index (χ0v) is 11.9. The molecule has 0 spiro atoms. The summed E-state index contributed by atoms with van der Waals surface area (Å²) < 4.78 is 13.4. The van der Waals surface area contributed by atoms with Gasteiger partial charge in [0.2, 0.25) is 0 Å². The number of nitrogens with zero attached hydrogens (tertiary/aromatic N) is 1. The zero-order chi connectivity index (χ0) is 14.9. The molecule has 0 saturated heterocycles. The molecule has 3 aromatic rings. The molecular weight excluding hydrogens is 263 g/mol. The molecule has 2 N–H and O–H groups in total. The van der Waals surface area contributed by atoms with Crippen molar-refractivity contribution in [3.63, 3.8) is 0 Å². The molecule has 1 atom stereocenters. The Bertz CT molecular complexity index is 781. The monoisotopic (exact) mass is 280 g/mol. The lowest BCUT2D eigenvalue weighted by atomic mass is 9.88. The molecule has 2 nitrogen and oxygen atoms in total. The van der Waals surface area contributed by atoms with E-state index in [9.17, 15) is 4.39 Å². The lowest BCUT2D eigenvalue weighted by molar-refractivity contribution is 0.481. The average molecular weight is 280 g/mol. The maximum atomic E-state index is 13.4. The van der Waals surface area contributed by atoms with Gasteiger partial charge in [0.25, 0.3) is 0 Å². The average Bonchev–Trinajstić information content (AvgIpc) is 2.47. The molecule has 0 amide bonds. The summed E-state index contributed by atoms with van der Waals surface area (Å²) in [5, 5.41) is 1.10. The Morgan fingerprint density at radius 2 is 1.86 bits per heavy atom. The Labute approximate surface area is 123 Å². The van der Waals surface area contributed by atoms with Crippen LogP contribution in [-0.4, -0.2) is 4.98 Å². The number of fused-ring (bicyclic) bond motifs is 1. The molecule has 0 radical (unpaired) electrons. The van der Waals surface area contributed by atoms with Gasteiger partial charge in [-0.1, -0.05) is 36.4 Å². The van der Waals surface area contributed by atoms with E-state index in [2.05, 4.69) is 4.98 Å². The van der Waals surface area contributed by atoms with E-state index >= 15 is 0 Å². The lowest BCUT2D eigenvalue weighted by Gasteiger charge is -2.25. The van der Waals surface area contributed by atoms with E-state index in [4.69, 9.17) is 5.73 Å². The van der Waals surface area contributed by atoms with Gasteiger partial charge in [-0.25, -0.2) is 4.39 Å². The minimum Gasteiger partial charge on any atom is -0.321 e. The van der Waals surface area contributed by atoms with Crippen molar-refractivity contribution in [3.05, 3.63) is 77.7 Å². The number of rotatable bonds is 3. The second-order valence-corrected chi connectivity index (χ2v) is 5.60. The molecule has 1 unspecified atom stereocenters. The highest BCUT2D eigenvalue weighted by Crippen LogP contribution is 2.23. The SMILES string of the molecule is CC(N)(Cc1ccc2ccccc2n1)c1cccc(F)c1. The molecule has 0 aliphatic heterocycles. The molecule has 2 aromatic carbocycles. The second-order valence-electron chi connectivity index (χ2n) is 5.60. The Kier molecular flexibility index (Phi) is 3.43. The number of pyridine rings is 1. The van der Waals surface area contributed by atoms with Crippen LogP contribution in [0.1, 0.15) is 18.2 Å². The van der Waals surface area contributed by atoms with Gasteiger partial charge in [-0.2, -0.15) is 0 Å². The van der Waals surface area contributed by atoms with Crippen LogP contribution in [-0.2, 0) is 12.0 Å². The van der Waals surface area contributed by atoms with E-state index in [0.717, 1.165) is 22.2 Å². The Hall–Kier alpha value is -2.26. The minimum absolute atomic E-state index is 0.268. The molecule has 1 heterocycles. The second kappa shape index (κ2) is 5.26. The fourth-order valence-corrected chi connectivity index (χ4v) is 2.53. The predicted octanol–water partition coefficient (Wildman–Crippen LogP) is 3.79. The number of halogens is 1. The normalized spacial score (nSPS) is 14.0. The predicted molar refractivity (Wildman–Crippen MR) is 83.4 cm³/mol. The van der Waals surface area contributed by atoms with Gasteiger partial charge >= 0.3 is 0 Å². The summed E-state index contributed by atoms with van der Waals surface area (Å²) in [5.41, 5.74) is 8.35. The van der Waals surface area contributed by atoms with Crippen molar-refractivity contribution in [1.29, 1.82) is 0 Å². The molecular formula is C18H17FN2. The molecule has 106 valence electrons. The number of nitrogens with two attached hydrogens (primary N) is 1. The third-order valence-electron chi connectivity index (χ3n) is 3.69. The van der Waals surface area contributed by atoms with E-state index in [-0.39, 0.29) is 5.82 Å². The van der Waals surface area contributed by atoms with Gasteiger partial charge in [-0.3, -0.25) is 4.98 Å². The zero-order valence-electron chi connectivity index (χ0n) is 11.9. The highest BCUT2D eigenvalue weighted by Gasteiger charge is 2.23. The summed E-state index contributed by atoms with van der Waals surface area (Å²) in [6, 6.07) is 18.4. The van der Waals surface area contributed by atoms with Crippen molar-refractivity contribution in [2.75, 3.05) is 0 Å². The van der Waals surface area contributed by atoms with Crippen molar-refractivity contribution < 1.29 is 4.39 Å². The molecule has 3 rings (SSSR count). The van der Waals surface area contributed by atoms with Crippen LogP contribution in [0.3, 0.4) is 0 Å². The van der Waals surface area contributed by atoms with Gasteiger partial charge in [-0.15, -0.1) is 0 Å². The topological polar surface area (TPSA) is 38.9 Å². The molecule has 21 heavy (non-hydrogen) atoms. The molecule has 0 aliphatic carbocycles. The Balaban J connectivity index is 1.93. The van der Waals surface area contributed by atoms with E-state index < -0.39 is 5.54 Å². The number of para-hydroxylation sites is 1. The van der Waals surface area contributed by atoms with Gasteiger partial charge in [0.05, 0.1) is 5.52 Å². The Morgan fingerprint density at radius 3 is 2.67 bits per heavy atom. The van der Waals surface area contributed by atoms with Crippen LogP contribution >= 0.6 is 0 Å². The van der Waals surface area contributed by atoms with Gasteiger partial charge in [0.1, 0.15) is 5.82 Å². The highest BCUT2D eigenvalue weighted by molar-refractivity contribution is 5.78. The van der Waals surface area contributed by atoms with Crippen molar-refractivity contribution >= 4 is 10.9 Å². The fraction of sp³-hybridized carbons (Fsp3) is 0.167. The third-order valence-corrected chi connectivity index (χ3v) is 3.69. The quantitative estimate of drug-likeness (QED) is 0.792. The summed E-state index contributed by atoms with van der Waals surface area (Å²) >= 11 is 0. The largest absolute Gasteiger partial charge is 0.321 e. The smallest absolute Gasteiger partial charge is 0.123 e. The van der Waals surface area contributed by atoms with E-state index in [0.29, 0.717) is 6.42 Å². The van der Waals surface area contributed by atoms with Crippen molar-refractivity contribution in [2.45, 2.75) is 18.9 Å². The first-order chi connectivity index (χ1) is 10.0. The van der Waals surface area contributed by atoms with E-state index in [1.165, 1.54) is 12.1 Å². The first kappa shape index (κ1) is 13.7. The number of aromatic nitrogens is 1. The van der Waals surface area contributed by atoms with Crippen molar-refractivity contribution in [2.24, 2.45) is 5.73 Å². The van der Waals surface area contributed by atoms with Gasteiger partial charge in [-0.05, 0) is 36.8 Å². The molecule has 1 aromatic heterocycles. The fourth-order valence-electron chi connectivity index (χ4n) is 2.53. The molecule has 3 heteroatoms. The van der Waals surface area contributed by atoms with Gasteiger partial charge in [0.15, 0.2) is 0 Å². The third kappa shape index (κ3) is 2.93. The number of hydrogen-bond acceptors (Lipinski definition) is 2. The minimum atomic E-state index is -0.655. The highest BCUT2D eigenvalue weighted by atomic mass is 19.1. The van der Waals surface area contributed by atoms with Crippen LogP contribution < -0.4 is 5.73 Å². The first-order valence-electron chi connectivity index (χ1n) is 6.94. The summed E-state index contributed by atoms with van der Waals surface area (Å²) in [7, 11) is 0. The van der Waals surface area contributed by atoms with Crippen LogP contribution in [0.25, 0.3) is 10.9 Å². The van der Waals surface area contributed by atoms with Crippen molar-refractivity contribution in [3.8, 4) is 0 Å². The molecule has 0 saturated carbocycles. The van der Waals surface area contributed by atoms with Crippen LogP contribution in [0, 0.1) is 5.82 Å². The van der Waals surface area contributed by atoms with E-state index in [1.807, 2.05) is 49.4 Å². The molecule has 0 bridgehead atoms. The van der Waals surface area contributed by atoms with Gasteiger partial charge < -0.3 is 5.73 Å². The van der Waals surface area contributed by atoms with Crippen LogP contribution in [0.5, 0.6) is 0 Å². The van der Waals surface area contributed by atoms with Crippen molar-refractivity contribution in [1.82, 2.24) is 4.98 Å². The Morgan fingerprint density at radius 1 is 1.05 bits per heavy atom. The van der Waals surface area contributed by atoms with Crippen LogP contribution in [0.4, 0.5) is 4.39 Å². The first-order valence-corrected chi connectivity index (χ1v) is 6.94.